The van der Waals surface area contributed by atoms with Crippen molar-refractivity contribution in [3.63, 3.8) is 0 Å². The molecule has 0 radical (unpaired) electrons. The number of ether oxygens (including phenoxy) is 1. The first-order valence-electron chi connectivity index (χ1n) is 7.40. The maximum atomic E-state index is 11.3. The van der Waals surface area contributed by atoms with Gasteiger partial charge in [-0.1, -0.05) is 0 Å². The molecule has 0 fully saturated rings. The van der Waals surface area contributed by atoms with E-state index in [1.165, 1.54) is 20.2 Å². The molecular weight excluding hydrogens is 352 g/mol. The normalized spacial score (nSPS) is 14.0. The molecule has 140 valence electrons. The van der Waals surface area contributed by atoms with Crippen molar-refractivity contribution in [2.45, 2.75) is 33.0 Å². The first-order chi connectivity index (χ1) is 11.1. The fourth-order valence-corrected chi connectivity index (χ4v) is 2.04. The first kappa shape index (κ1) is 21.2. The lowest BCUT2D eigenvalue weighted by Crippen LogP contribution is -3.00. The monoisotopic (exact) mass is 374 g/mol. The summed E-state index contributed by atoms with van der Waals surface area (Å²) < 4.78 is 7.21. The van der Waals surface area contributed by atoms with Crippen molar-refractivity contribution in [1.82, 2.24) is 24.0 Å². The molecule has 0 bridgehead atoms. The number of carbonyl (C=O) groups excluding carboxylic acids is 1. The van der Waals surface area contributed by atoms with E-state index in [0.717, 1.165) is 0 Å². The van der Waals surface area contributed by atoms with Crippen LogP contribution in [0.3, 0.4) is 0 Å². The Morgan fingerprint density at radius 2 is 2.00 bits per heavy atom. The second-order valence-corrected chi connectivity index (χ2v) is 6.38. The number of hydrogen-bond acceptors (Lipinski definition) is 7. The molecule has 1 amide bonds. The summed E-state index contributed by atoms with van der Waals surface area (Å²) in [6, 6.07) is 0. The number of fused-ring (bicyclic) bond motifs is 1. The van der Waals surface area contributed by atoms with Crippen LogP contribution in [0.4, 0.5) is 11.8 Å². The van der Waals surface area contributed by atoms with Crippen LogP contribution in [0.15, 0.2) is 6.33 Å². The van der Waals surface area contributed by atoms with E-state index in [-0.39, 0.29) is 31.0 Å². The van der Waals surface area contributed by atoms with Gasteiger partial charge in [0.1, 0.15) is 12.8 Å². The zero-order chi connectivity index (χ0) is 18.1. The highest BCUT2D eigenvalue weighted by Crippen LogP contribution is 2.26. The van der Waals surface area contributed by atoms with Gasteiger partial charge in [0.25, 0.3) is 5.82 Å². The molecule has 0 aliphatic heterocycles. The van der Waals surface area contributed by atoms with Crippen molar-refractivity contribution >= 4 is 28.8 Å². The Morgan fingerprint density at radius 3 is 2.52 bits per heavy atom. The predicted molar refractivity (Wildman–Crippen MR) is 88.0 cm³/mol. The summed E-state index contributed by atoms with van der Waals surface area (Å²) >= 11 is 0. The number of halogens is 1. The summed E-state index contributed by atoms with van der Waals surface area (Å²) in [6.45, 7) is 2.78. The number of rotatable bonds is 6. The van der Waals surface area contributed by atoms with Gasteiger partial charge in [0, 0.05) is 6.92 Å². The van der Waals surface area contributed by atoms with Crippen molar-refractivity contribution in [1.29, 1.82) is 0 Å². The van der Waals surface area contributed by atoms with E-state index < -0.39 is 12.4 Å². The molecular formula is C14H23ClN6O4. The summed E-state index contributed by atoms with van der Waals surface area (Å²) in [6.07, 6.45) is -0.819. The molecule has 0 aromatic carbocycles. The van der Waals surface area contributed by atoms with Gasteiger partial charge in [0.15, 0.2) is 17.5 Å². The van der Waals surface area contributed by atoms with Gasteiger partial charge in [-0.05, 0) is 6.92 Å². The Labute approximate surface area is 151 Å². The minimum atomic E-state index is -1.31. The average Bonchev–Trinajstić information content (AvgIpc) is 2.84. The van der Waals surface area contributed by atoms with Crippen molar-refractivity contribution in [2.75, 3.05) is 26.5 Å². The molecule has 2 atom stereocenters. The van der Waals surface area contributed by atoms with Crippen LogP contribution in [-0.4, -0.2) is 69.2 Å². The van der Waals surface area contributed by atoms with E-state index in [1.54, 1.807) is 4.57 Å². The summed E-state index contributed by atoms with van der Waals surface area (Å²) in [5.41, 5.74) is 1.02. The second kappa shape index (κ2) is 8.02. The number of aliphatic hydroxyl groups excluding tert-OH is 2. The van der Waals surface area contributed by atoms with Crippen molar-refractivity contribution in [3.05, 3.63) is 6.33 Å². The predicted octanol–water partition coefficient (Wildman–Crippen LogP) is -3.34. The molecule has 0 saturated heterocycles. The Morgan fingerprint density at radius 1 is 1.36 bits per heavy atom. The van der Waals surface area contributed by atoms with E-state index in [2.05, 4.69) is 20.3 Å². The van der Waals surface area contributed by atoms with Gasteiger partial charge in [-0.2, -0.15) is 9.97 Å². The van der Waals surface area contributed by atoms with Crippen LogP contribution in [0.5, 0.6) is 0 Å². The molecule has 3 N–H and O–H groups in total. The van der Waals surface area contributed by atoms with E-state index in [0.29, 0.717) is 21.5 Å². The molecule has 2 rings (SSSR count). The van der Waals surface area contributed by atoms with E-state index in [9.17, 15) is 15.0 Å². The van der Waals surface area contributed by atoms with E-state index >= 15 is 0 Å². The molecule has 2 aromatic rings. The fraction of sp³-hybridized carbons (Fsp3) is 0.571. The Bertz CT molecular complexity index is 743. The molecule has 0 aliphatic carbocycles. The van der Waals surface area contributed by atoms with Crippen molar-refractivity contribution < 1.29 is 32.2 Å². The van der Waals surface area contributed by atoms with Crippen LogP contribution in [0.2, 0.25) is 0 Å². The molecule has 10 nitrogen and oxygen atoms in total. The highest BCUT2D eigenvalue weighted by atomic mass is 35.5. The van der Waals surface area contributed by atoms with Crippen LogP contribution in [-0.2, 0) is 16.3 Å². The van der Waals surface area contributed by atoms with Gasteiger partial charge in [-0.15, -0.1) is 0 Å². The number of aromatic nitrogens is 4. The Hall–Kier alpha value is -1.85. The third-order valence-electron chi connectivity index (χ3n) is 3.17. The fourth-order valence-electron chi connectivity index (χ4n) is 2.04. The highest BCUT2D eigenvalue weighted by molar-refractivity contribution is 5.90. The van der Waals surface area contributed by atoms with E-state index in [1.807, 2.05) is 21.1 Å². The van der Waals surface area contributed by atoms with Gasteiger partial charge < -0.3 is 27.4 Å². The van der Waals surface area contributed by atoms with Gasteiger partial charge in [-0.25, -0.2) is 4.98 Å². The minimum Gasteiger partial charge on any atom is -1.00 e. The SMILES string of the molecule is CC(=O)Nc1nc([N+](C)(C)C)c2c(ncn2COC(O)C(C)O)n1.[Cl-]. The number of carbonyl (C=O) groups is 1. The van der Waals surface area contributed by atoms with Crippen molar-refractivity contribution in [2.24, 2.45) is 0 Å². The second-order valence-electron chi connectivity index (χ2n) is 6.38. The summed E-state index contributed by atoms with van der Waals surface area (Å²) in [7, 11) is 5.76. The Balaban J connectivity index is 0.00000312. The number of quaternary nitrogens is 1. The van der Waals surface area contributed by atoms with Gasteiger partial charge in [0.2, 0.25) is 11.9 Å². The molecule has 25 heavy (non-hydrogen) atoms. The first-order valence-corrected chi connectivity index (χ1v) is 7.40. The molecule has 0 spiro atoms. The lowest BCUT2D eigenvalue weighted by Gasteiger charge is -2.23. The maximum absolute atomic E-state index is 11.3. The average molecular weight is 375 g/mol. The maximum Gasteiger partial charge on any atom is 0.258 e. The lowest BCUT2D eigenvalue weighted by molar-refractivity contribution is -0.174. The van der Waals surface area contributed by atoms with Gasteiger partial charge in [-0.3, -0.25) is 19.2 Å². The largest absolute Gasteiger partial charge is 1.00 e. The third kappa shape index (κ3) is 5.06. The van der Waals surface area contributed by atoms with Crippen LogP contribution < -0.4 is 22.2 Å². The summed E-state index contributed by atoms with van der Waals surface area (Å²) in [5, 5.41) is 21.4. The topological polar surface area (TPSA) is 122 Å². The number of imidazole rings is 1. The summed E-state index contributed by atoms with van der Waals surface area (Å²) in [5.74, 6) is 0.522. The smallest absolute Gasteiger partial charge is 0.258 e. The molecule has 0 saturated carbocycles. The Kier molecular flexibility index (Phi) is 6.80. The number of anilines is 1. The number of amides is 1. The third-order valence-corrected chi connectivity index (χ3v) is 3.17. The zero-order valence-electron chi connectivity index (χ0n) is 14.8. The summed E-state index contributed by atoms with van der Waals surface area (Å²) in [4.78, 5) is 24.1. The molecule has 0 aliphatic rings. The molecule has 11 heteroatoms. The zero-order valence-corrected chi connectivity index (χ0v) is 15.5. The van der Waals surface area contributed by atoms with Crippen LogP contribution in [0.25, 0.3) is 11.2 Å². The molecule has 2 heterocycles. The van der Waals surface area contributed by atoms with Crippen molar-refractivity contribution in [3.8, 4) is 0 Å². The quantitative estimate of drug-likeness (QED) is 0.357. The van der Waals surface area contributed by atoms with E-state index in [4.69, 9.17) is 4.74 Å². The minimum absolute atomic E-state index is 0. The molecule has 2 aromatic heterocycles. The number of aliphatic hydroxyl groups is 2. The number of nitrogens with zero attached hydrogens (tertiary/aromatic N) is 5. The molecule has 2 unspecified atom stereocenters. The van der Waals surface area contributed by atoms with Crippen LogP contribution in [0.1, 0.15) is 13.8 Å². The standard InChI is InChI=1S/C14H22N6O4.ClH/c1-8(21)13(23)24-7-19-6-15-11-10(19)12(20(3,4)5)18-14(17-11)16-9(2)22;/h6,8,13,21,23H,7H2,1-5H3;1H. The van der Waals surface area contributed by atoms with Crippen LogP contribution in [0, 0.1) is 0 Å². The number of nitrogens with one attached hydrogen (secondary N) is 1. The van der Waals surface area contributed by atoms with Crippen LogP contribution >= 0.6 is 0 Å². The lowest BCUT2D eigenvalue weighted by atomic mass is 10.4. The highest BCUT2D eigenvalue weighted by Gasteiger charge is 2.25. The number of hydrogen-bond donors (Lipinski definition) is 3. The van der Waals surface area contributed by atoms with Gasteiger partial charge in [0.05, 0.1) is 27.5 Å². The van der Waals surface area contributed by atoms with Gasteiger partial charge >= 0.3 is 0 Å².